The van der Waals surface area contributed by atoms with E-state index in [1.54, 1.807) is 0 Å². The van der Waals surface area contributed by atoms with Crippen molar-refractivity contribution >= 4 is 11.6 Å². The molecule has 0 aliphatic carbocycles. The molecule has 2 unspecified atom stereocenters. The van der Waals surface area contributed by atoms with E-state index in [1.807, 2.05) is 26.8 Å². The zero-order chi connectivity index (χ0) is 15.3. The molecule has 1 rings (SSSR count). The number of benzene rings is 1. The zero-order valence-corrected chi connectivity index (χ0v) is 13.6. The summed E-state index contributed by atoms with van der Waals surface area (Å²) in [5.74, 6) is 1.28. The Bertz CT molecular complexity index is 445. The Kier molecular flexibility index (Phi) is 6.80. The van der Waals surface area contributed by atoms with E-state index in [2.05, 4.69) is 6.92 Å². The molecule has 0 amide bonds. The van der Waals surface area contributed by atoms with Crippen LogP contribution in [0.25, 0.3) is 0 Å². The van der Waals surface area contributed by atoms with Gasteiger partial charge in [0, 0.05) is 11.6 Å². The molecule has 0 aliphatic rings. The monoisotopic (exact) mass is 299 g/mol. The van der Waals surface area contributed by atoms with Crippen LogP contribution >= 0.6 is 11.6 Å². The van der Waals surface area contributed by atoms with Crippen molar-refractivity contribution < 1.29 is 9.84 Å². The lowest BCUT2D eigenvalue weighted by Crippen LogP contribution is -2.26. The molecule has 0 radical (unpaired) electrons. The fourth-order valence-electron chi connectivity index (χ4n) is 2.47. The molecule has 20 heavy (non-hydrogen) atoms. The Balaban J connectivity index is 3.12. The molecule has 0 aromatic heterocycles. The van der Waals surface area contributed by atoms with Gasteiger partial charge in [0.2, 0.25) is 0 Å². The Morgan fingerprint density at radius 3 is 2.55 bits per heavy atom. The van der Waals surface area contributed by atoms with Crippen LogP contribution in [0.3, 0.4) is 0 Å². The second-order valence-corrected chi connectivity index (χ2v) is 5.78. The summed E-state index contributed by atoms with van der Waals surface area (Å²) in [5, 5.41) is 10.2. The van der Waals surface area contributed by atoms with Crippen LogP contribution in [-0.4, -0.2) is 24.9 Å². The molecule has 0 heterocycles. The molecule has 114 valence electrons. The van der Waals surface area contributed by atoms with Crippen molar-refractivity contribution in [1.82, 2.24) is 0 Å². The topological polar surface area (TPSA) is 55.5 Å². The average molecular weight is 300 g/mol. The largest absolute Gasteiger partial charge is 0.494 e. The summed E-state index contributed by atoms with van der Waals surface area (Å²) >= 11 is 6.36. The fraction of sp³-hybridized carbons (Fsp3) is 0.625. The Hall–Kier alpha value is -0.770. The number of aliphatic hydroxyl groups excluding tert-OH is 1. The first-order valence-electron chi connectivity index (χ1n) is 7.18. The quantitative estimate of drug-likeness (QED) is 0.813. The SMILES string of the molecule is CCOc1cc(C)c(Cl)c(C)c1CC(C)C(CN)CO. The van der Waals surface area contributed by atoms with Crippen LogP contribution in [0.5, 0.6) is 5.75 Å². The highest BCUT2D eigenvalue weighted by Crippen LogP contribution is 2.34. The third-order valence-electron chi connectivity index (χ3n) is 3.94. The Morgan fingerprint density at radius 2 is 2.05 bits per heavy atom. The van der Waals surface area contributed by atoms with Crippen LogP contribution in [0.15, 0.2) is 6.07 Å². The van der Waals surface area contributed by atoms with E-state index in [4.69, 9.17) is 22.1 Å². The second-order valence-electron chi connectivity index (χ2n) is 5.40. The Morgan fingerprint density at radius 1 is 1.40 bits per heavy atom. The highest BCUT2D eigenvalue weighted by molar-refractivity contribution is 6.32. The van der Waals surface area contributed by atoms with E-state index in [0.717, 1.165) is 33.9 Å². The summed E-state index contributed by atoms with van der Waals surface area (Å²) in [6, 6.07) is 2.00. The molecule has 0 bridgehead atoms. The van der Waals surface area contributed by atoms with Crippen molar-refractivity contribution in [1.29, 1.82) is 0 Å². The van der Waals surface area contributed by atoms with Gasteiger partial charge < -0.3 is 15.6 Å². The van der Waals surface area contributed by atoms with Gasteiger partial charge in [0.05, 0.1) is 6.61 Å². The summed E-state index contributed by atoms with van der Waals surface area (Å²) in [6.07, 6.45) is 0.809. The standard InChI is InChI=1S/C16H26ClNO2/c1-5-20-15-7-11(3)16(17)12(4)14(15)6-10(2)13(8-18)9-19/h7,10,13,19H,5-6,8-9,18H2,1-4H3. The summed E-state index contributed by atoms with van der Waals surface area (Å²) in [5.41, 5.74) is 8.93. The minimum atomic E-state index is 0.101. The minimum absolute atomic E-state index is 0.101. The number of aliphatic hydroxyl groups is 1. The summed E-state index contributed by atoms with van der Waals surface area (Å²) in [6.45, 7) is 9.32. The van der Waals surface area contributed by atoms with Crippen LogP contribution in [0.4, 0.5) is 0 Å². The lowest BCUT2D eigenvalue weighted by molar-refractivity contribution is 0.186. The van der Waals surface area contributed by atoms with Gasteiger partial charge in [-0.15, -0.1) is 0 Å². The number of ether oxygens (including phenoxy) is 1. The summed E-state index contributed by atoms with van der Waals surface area (Å²) in [7, 11) is 0. The van der Waals surface area contributed by atoms with Gasteiger partial charge in [-0.05, 0) is 68.3 Å². The van der Waals surface area contributed by atoms with Crippen LogP contribution in [0, 0.1) is 25.7 Å². The molecule has 2 atom stereocenters. The molecule has 3 nitrogen and oxygen atoms in total. The molecule has 3 N–H and O–H groups in total. The lowest BCUT2D eigenvalue weighted by atomic mass is 9.86. The van der Waals surface area contributed by atoms with Crippen molar-refractivity contribution in [2.75, 3.05) is 19.8 Å². The highest BCUT2D eigenvalue weighted by Gasteiger charge is 2.20. The molecular weight excluding hydrogens is 274 g/mol. The third kappa shape index (κ3) is 3.87. The van der Waals surface area contributed by atoms with Gasteiger partial charge in [-0.25, -0.2) is 0 Å². The van der Waals surface area contributed by atoms with Gasteiger partial charge in [0.1, 0.15) is 5.75 Å². The van der Waals surface area contributed by atoms with Crippen LogP contribution in [0.2, 0.25) is 5.02 Å². The van der Waals surface area contributed by atoms with Crippen LogP contribution in [0.1, 0.15) is 30.5 Å². The predicted octanol–water partition coefficient (Wildman–Crippen LogP) is 3.10. The van der Waals surface area contributed by atoms with Gasteiger partial charge in [0.25, 0.3) is 0 Å². The fourth-order valence-corrected chi connectivity index (χ4v) is 2.64. The van der Waals surface area contributed by atoms with Crippen LogP contribution in [-0.2, 0) is 6.42 Å². The number of hydrogen-bond acceptors (Lipinski definition) is 3. The molecule has 1 aromatic rings. The van der Waals surface area contributed by atoms with E-state index in [9.17, 15) is 5.11 Å². The smallest absolute Gasteiger partial charge is 0.123 e. The molecule has 0 saturated heterocycles. The number of rotatable bonds is 7. The zero-order valence-electron chi connectivity index (χ0n) is 12.9. The first kappa shape index (κ1) is 17.3. The molecular formula is C16H26ClNO2. The maximum atomic E-state index is 9.38. The molecule has 0 fully saturated rings. The first-order valence-corrected chi connectivity index (χ1v) is 7.56. The number of nitrogens with two attached hydrogens (primary N) is 1. The summed E-state index contributed by atoms with van der Waals surface area (Å²) < 4.78 is 5.75. The number of halogens is 1. The predicted molar refractivity (Wildman–Crippen MR) is 84.6 cm³/mol. The van der Waals surface area contributed by atoms with E-state index < -0.39 is 0 Å². The lowest BCUT2D eigenvalue weighted by Gasteiger charge is -2.23. The van der Waals surface area contributed by atoms with Gasteiger partial charge in [-0.1, -0.05) is 18.5 Å². The first-order chi connectivity index (χ1) is 9.46. The molecule has 0 spiro atoms. The molecule has 4 heteroatoms. The number of aryl methyl sites for hydroxylation is 1. The highest BCUT2D eigenvalue weighted by atomic mass is 35.5. The van der Waals surface area contributed by atoms with Gasteiger partial charge in [0.15, 0.2) is 0 Å². The van der Waals surface area contributed by atoms with Crippen LogP contribution < -0.4 is 10.5 Å². The average Bonchev–Trinajstić information content (AvgIpc) is 2.42. The van der Waals surface area contributed by atoms with Gasteiger partial charge >= 0.3 is 0 Å². The van der Waals surface area contributed by atoms with Crippen molar-refractivity contribution in [3.05, 3.63) is 27.8 Å². The Labute approximate surface area is 127 Å². The number of hydrogen-bond donors (Lipinski definition) is 2. The third-order valence-corrected chi connectivity index (χ3v) is 4.52. The van der Waals surface area contributed by atoms with Crippen molar-refractivity contribution in [3.63, 3.8) is 0 Å². The molecule has 1 aromatic carbocycles. The second kappa shape index (κ2) is 7.87. The van der Waals surface area contributed by atoms with Crippen molar-refractivity contribution in [2.45, 2.75) is 34.1 Å². The molecule has 0 saturated carbocycles. The van der Waals surface area contributed by atoms with Crippen molar-refractivity contribution in [2.24, 2.45) is 17.6 Å². The van der Waals surface area contributed by atoms with E-state index in [-0.39, 0.29) is 18.4 Å². The van der Waals surface area contributed by atoms with E-state index in [0.29, 0.717) is 13.2 Å². The normalized spacial score (nSPS) is 14.2. The maximum Gasteiger partial charge on any atom is 0.123 e. The maximum absolute atomic E-state index is 9.38. The minimum Gasteiger partial charge on any atom is -0.494 e. The summed E-state index contributed by atoms with van der Waals surface area (Å²) in [4.78, 5) is 0. The van der Waals surface area contributed by atoms with Gasteiger partial charge in [-0.2, -0.15) is 0 Å². The molecule has 0 aliphatic heterocycles. The van der Waals surface area contributed by atoms with E-state index in [1.165, 1.54) is 0 Å². The van der Waals surface area contributed by atoms with Gasteiger partial charge in [-0.3, -0.25) is 0 Å². The van der Waals surface area contributed by atoms with E-state index >= 15 is 0 Å². The van der Waals surface area contributed by atoms with Crippen molar-refractivity contribution in [3.8, 4) is 5.75 Å².